The Morgan fingerprint density at radius 3 is 1.92 bits per heavy atom. The molecular formula is C20H33FO3. The fourth-order valence-corrected chi connectivity index (χ4v) is 2.94. The van der Waals surface area contributed by atoms with Crippen LogP contribution in [0, 0.1) is 11.7 Å². The van der Waals surface area contributed by atoms with Gasteiger partial charge in [0, 0.05) is 25.7 Å². The molecule has 0 heterocycles. The molecule has 0 N–H and O–H groups in total. The molecule has 0 bridgehead atoms. The van der Waals surface area contributed by atoms with E-state index >= 15 is 0 Å². The number of halogens is 1. The highest BCUT2D eigenvalue weighted by atomic mass is 19.1. The summed E-state index contributed by atoms with van der Waals surface area (Å²) in [5, 5.41) is 0. The Hall–Kier alpha value is -0.970. The zero-order chi connectivity index (χ0) is 17.8. The zero-order valence-corrected chi connectivity index (χ0v) is 15.6. The number of hydrogen-bond acceptors (Lipinski definition) is 3. The van der Waals surface area contributed by atoms with Gasteiger partial charge in [-0.15, -0.1) is 0 Å². The van der Waals surface area contributed by atoms with E-state index in [0.29, 0.717) is 19.8 Å². The van der Waals surface area contributed by atoms with E-state index < -0.39 is 5.97 Å². The zero-order valence-electron chi connectivity index (χ0n) is 15.6. The van der Waals surface area contributed by atoms with Gasteiger partial charge in [-0.05, 0) is 57.7 Å². The molecule has 138 valence electrons. The van der Waals surface area contributed by atoms with Crippen molar-refractivity contribution in [3.05, 3.63) is 35.6 Å². The van der Waals surface area contributed by atoms with Gasteiger partial charge in [0.25, 0.3) is 5.97 Å². The first-order valence-corrected chi connectivity index (χ1v) is 9.24. The minimum atomic E-state index is -0.921. The lowest BCUT2D eigenvalue weighted by atomic mass is 9.99. The molecule has 1 aromatic carbocycles. The van der Waals surface area contributed by atoms with Gasteiger partial charge in [-0.3, -0.25) is 0 Å². The van der Waals surface area contributed by atoms with Gasteiger partial charge in [-0.1, -0.05) is 31.9 Å². The van der Waals surface area contributed by atoms with Crippen LogP contribution in [0.15, 0.2) is 24.3 Å². The van der Waals surface area contributed by atoms with Gasteiger partial charge in [-0.2, -0.15) is 0 Å². The van der Waals surface area contributed by atoms with Crippen molar-refractivity contribution in [2.75, 3.05) is 19.8 Å². The average Bonchev–Trinajstić information content (AvgIpc) is 2.56. The molecule has 0 saturated carbocycles. The largest absolute Gasteiger partial charge is 0.328 e. The van der Waals surface area contributed by atoms with E-state index in [1.165, 1.54) is 17.7 Å². The minimum Gasteiger partial charge on any atom is -0.328 e. The van der Waals surface area contributed by atoms with Gasteiger partial charge in [0.05, 0.1) is 0 Å². The molecule has 0 aliphatic rings. The van der Waals surface area contributed by atoms with Crippen molar-refractivity contribution < 1.29 is 18.6 Å². The normalized spacial score (nSPS) is 13.2. The Morgan fingerprint density at radius 2 is 1.42 bits per heavy atom. The second-order valence-corrected chi connectivity index (χ2v) is 6.03. The first-order valence-electron chi connectivity index (χ1n) is 9.24. The van der Waals surface area contributed by atoms with Crippen LogP contribution in [0.3, 0.4) is 0 Å². The number of ether oxygens (including phenoxy) is 3. The predicted octanol–water partition coefficient (Wildman–Crippen LogP) is 5.33. The first kappa shape index (κ1) is 21.1. The van der Waals surface area contributed by atoms with E-state index in [2.05, 4.69) is 6.92 Å². The number of aryl methyl sites for hydroxylation is 1. The lowest BCUT2D eigenvalue weighted by Crippen LogP contribution is -2.45. The molecule has 0 spiro atoms. The first-order chi connectivity index (χ1) is 11.6. The van der Waals surface area contributed by atoms with Gasteiger partial charge in [0.2, 0.25) is 0 Å². The van der Waals surface area contributed by atoms with E-state index in [4.69, 9.17) is 14.2 Å². The third-order valence-corrected chi connectivity index (χ3v) is 4.16. The van der Waals surface area contributed by atoms with E-state index in [0.717, 1.165) is 32.1 Å². The Labute approximate surface area is 146 Å². The lowest BCUT2D eigenvalue weighted by Gasteiger charge is -2.37. The van der Waals surface area contributed by atoms with Crippen LogP contribution < -0.4 is 0 Å². The molecule has 1 aromatic rings. The molecule has 0 aliphatic carbocycles. The molecule has 4 heteroatoms. The highest BCUT2D eigenvalue weighted by molar-refractivity contribution is 5.15. The maximum Gasteiger partial charge on any atom is 0.285 e. The molecule has 0 saturated heterocycles. The van der Waals surface area contributed by atoms with E-state index in [1.807, 2.05) is 32.9 Å². The Kier molecular flexibility index (Phi) is 10.2. The van der Waals surface area contributed by atoms with Crippen molar-refractivity contribution >= 4 is 0 Å². The summed E-state index contributed by atoms with van der Waals surface area (Å²) in [6.07, 6.45) is 5.30. The molecule has 0 amide bonds. The highest BCUT2D eigenvalue weighted by Gasteiger charge is 2.38. The molecule has 0 aromatic heterocycles. The van der Waals surface area contributed by atoms with Crippen molar-refractivity contribution in [2.45, 2.75) is 65.8 Å². The smallest absolute Gasteiger partial charge is 0.285 e. The van der Waals surface area contributed by atoms with Crippen molar-refractivity contribution in [3.8, 4) is 0 Å². The molecule has 0 aliphatic heterocycles. The Bertz CT molecular complexity index is 416. The van der Waals surface area contributed by atoms with Gasteiger partial charge in [0.15, 0.2) is 0 Å². The second kappa shape index (κ2) is 11.6. The SMILES string of the molecule is CCOC(OCC)(OCC)C(C)CCCCCc1ccc(F)cc1. The summed E-state index contributed by atoms with van der Waals surface area (Å²) in [5.74, 6) is -0.926. The van der Waals surface area contributed by atoms with Crippen molar-refractivity contribution in [2.24, 2.45) is 5.92 Å². The van der Waals surface area contributed by atoms with E-state index in [1.54, 1.807) is 0 Å². The summed E-state index contributed by atoms with van der Waals surface area (Å²) in [6, 6.07) is 6.78. The molecule has 0 radical (unpaired) electrons. The number of hydrogen-bond donors (Lipinski definition) is 0. The maximum absolute atomic E-state index is 12.9. The predicted molar refractivity (Wildman–Crippen MR) is 95.3 cm³/mol. The molecular weight excluding hydrogens is 307 g/mol. The number of rotatable bonds is 13. The fourth-order valence-electron chi connectivity index (χ4n) is 2.94. The molecule has 0 fully saturated rings. The van der Waals surface area contributed by atoms with Crippen molar-refractivity contribution in [3.63, 3.8) is 0 Å². The van der Waals surface area contributed by atoms with Crippen LogP contribution in [0.2, 0.25) is 0 Å². The Balaban J connectivity index is 2.38. The summed E-state index contributed by atoms with van der Waals surface area (Å²) in [6.45, 7) is 9.70. The number of benzene rings is 1. The van der Waals surface area contributed by atoms with Crippen LogP contribution in [-0.2, 0) is 20.6 Å². The minimum absolute atomic E-state index is 0.170. The van der Waals surface area contributed by atoms with Crippen molar-refractivity contribution in [1.29, 1.82) is 0 Å². The second-order valence-electron chi connectivity index (χ2n) is 6.03. The fraction of sp³-hybridized carbons (Fsp3) is 0.700. The van der Waals surface area contributed by atoms with Gasteiger partial charge < -0.3 is 14.2 Å². The van der Waals surface area contributed by atoms with Gasteiger partial charge in [0.1, 0.15) is 5.82 Å². The Morgan fingerprint density at radius 1 is 0.875 bits per heavy atom. The third kappa shape index (κ3) is 6.88. The summed E-state index contributed by atoms with van der Waals surface area (Å²) in [5.41, 5.74) is 1.19. The monoisotopic (exact) mass is 340 g/mol. The summed E-state index contributed by atoms with van der Waals surface area (Å²) in [7, 11) is 0. The van der Waals surface area contributed by atoms with Crippen LogP contribution in [0.25, 0.3) is 0 Å². The van der Waals surface area contributed by atoms with Crippen LogP contribution in [0.4, 0.5) is 4.39 Å². The van der Waals surface area contributed by atoms with Crippen molar-refractivity contribution in [1.82, 2.24) is 0 Å². The van der Waals surface area contributed by atoms with Gasteiger partial charge >= 0.3 is 0 Å². The molecule has 1 atom stereocenters. The summed E-state index contributed by atoms with van der Waals surface area (Å²) in [4.78, 5) is 0. The lowest BCUT2D eigenvalue weighted by molar-refractivity contribution is -0.400. The summed E-state index contributed by atoms with van der Waals surface area (Å²) >= 11 is 0. The average molecular weight is 340 g/mol. The van der Waals surface area contributed by atoms with Gasteiger partial charge in [-0.25, -0.2) is 4.39 Å². The van der Waals surface area contributed by atoms with Crippen LogP contribution >= 0.6 is 0 Å². The molecule has 1 unspecified atom stereocenters. The van der Waals surface area contributed by atoms with Crippen LogP contribution in [0.5, 0.6) is 0 Å². The van der Waals surface area contributed by atoms with Crippen LogP contribution in [0.1, 0.15) is 58.9 Å². The van der Waals surface area contributed by atoms with E-state index in [9.17, 15) is 4.39 Å². The quantitative estimate of drug-likeness (QED) is 0.359. The maximum atomic E-state index is 12.9. The topological polar surface area (TPSA) is 27.7 Å². The highest BCUT2D eigenvalue weighted by Crippen LogP contribution is 2.30. The molecule has 3 nitrogen and oxygen atoms in total. The standard InChI is InChI=1S/C20H33FO3/c1-5-22-20(23-6-2,24-7-3)17(4)11-9-8-10-12-18-13-15-19(21)16-14-18/h13-17H,5-12H2,1-4H3. The van der Waals surface area contributed by atoms with E-state index in [-0.39, 0.29) is 11.7 Å². The molecule has 1 rings (SSSR count). The number of unbranched alkanes of at least 4 members (excludes halogenated alkanes) is 2. The third-order valence-electron chi connectivity index (χ3n) is 4.16. The summed E-state index contributed by atoms with van der Waals surface area (Å²) < 4.78 is 30.4. The molecule has 24 heavy (non-hydrogen) atoms. The van der Waals surface area contributed by atoms with Crippen LogP contribution in [-0.4, -0.2) is 25.8 Å².